The van der Waals surface area contributed by atoms with Gasteiger partial charge in [0, 0.05) is 0 Å². The fourth-order valence-corrected chi connectivity index (χ4v) is 2.73. The van der Waals surface area contributed by atoms with Crippen molar-refractivity contribution in [1.82, 2.24) is 0 Å². The van der Waals surface area contributed by atoms with Crippen molar-refractivity contribution in [1.29, 1.82) is 5.26 Å². The first-order valence-corrected chi connectivity index (χ1v) is 5.96. The summed E-state index contributed by atoms with van der Waals surface area (Å²) in [6, 6.07) is 4.81. The summed E-state index contributed by atoms with van der Waals surface area (Å²) in [6.45, 7) is 1.90. The van der Waals surface area contributed by atoms with Crippen molar-refractivity contribution in [3.05, 3.63) is 32.7 Å². The zero-order valence-corrected chi connectivity index (χ0v) is 10.3. The first-order chi connectivity index (χ1) is 8.58. The maximum absolute atomic E-state index is 10.6. The van der Waals surface area contributed by atoms with Crippen LogP contribution in [-0.4, -0.2) is 4.92 Å². The Morgan fingerprint density at radius 3 is 2.83 bits per heavy atom. The van der Waals surface area contributed by atoms with Crippen LogP contribution in [0, 0.1) is 21.4 Å². The first kappa shape index (κ1) is 12.1. The minimum absolute atomic E-state index is 0.322. The van der Waals surface area contributed by atoms with E-state index in [2.05, 4.69) is 0 Å². The molecule has 0 spiro atoms. The lowest BCUT2D eigenvalue weighted by Gasteiger charge is -1.97. The molecule has 0 radical (unpaired) electrons. The summed E-state index contributed by atoms with van der Waals surface area (Å²) in [5.41, 5.74) is 7.06. The average molecular weight is 263 g/mol. The Morgan fingerprint density at radius 2 is 2.33 bits per heavy atom. The standard InChI is InChI=1S/C11H9N3O3S/c1-2-6-10(13)8(5-12)18-11(6)7-3-4-9(17-7)14(15)16/h3-4H,2,13H2,1H3. The van der Waals surface area contributed by atoms with Gasteiger partial charge >= 0.3 is 5.88 Å². The number of nitriles is 1. The van der Waals surface area contributed by atoms with Crippen molar-refractivity contribution in [3.8, 4) is 16.7 Å². The number of nitrogens with zero attached hydrogens (tertiary/aromatic N) is 2. The minimum atomic E-state index is -0.600. The molecule has 0 saturated heterocycles. The monoisotopic (exact) mass is 263 g/mol. The highest BCUT2D eigenvalue weighted by atomic mass is 32.1. The van der Waals surface area contributed by atoms with Crippen LogP contribution in [-0.2, 0) is 6.42 Å². The van der Waals surface area contributed by atoms with Crippen LogP contribution in [0.25, 0.3) is 10.6 Å². The molecule has 0 unspecified atom stereocenters. The van der Waals surface area contributed by atoms with Gasteiger partial charge in [-0.1, -0.05) is 6.92 Å². The number of nitrogens with two attached hydrogens (primary N) is 1. The van der Waals surface area contributed by atoms with Gasteiger partial charge in [-0.3, -0.25) is 10.1 Å². The van der Waals surface area contributed by atoms with Gasteiger partial charge in [0.05, 0.1) is 16.6 Å². The average Bonchev–Trinajstić information content (AvgIpc) is 2.93. The van der Waals surface area contributed by atoms with Crippen LogP contribution in [0.4, 0.5) is 11.6 Å². The van der Waals surface area contributed by atoms with E-state index in [9.17, 15) is 10.1 Å². The van der Waals surface area contributed by atoms with E-state index in [1.807, 2.05) is 13.0 Å². The largest absolute Gasteiger partial charge is 0.433 e. The lowest BCUT2D eigenvalue weighted by molar-refractivity contribution is -0.401. The maximum atomic E-state index is 10.6. The van der Waals surface area contributed by atoms with E-state index in [-0.39, 0.29) is 5.88 Å². The van der Waals surface area contributed by atoms with E-state index in [0.717, 1.165) is 5.56 Å². The van der Waals surface area contributed by atoms with E-state index in [4.69, 9.17) is 15.4 Å². The Bertz CT molecular complexity index is 651. The molecule has 0 aromatic carbocycles. The molecule has 2 aromatic heterocycles. The molecule has 0 aliphatic heterocycles. The van der Waals surface area contributed by atoms with Crippen molar-refractivity contribution < 1.29 is 9.34 Å². The zero-order chi connectivity index (χ0) is 13.3. The third-order valence-corrected chi connectivity index (χ3v) is 3.67. The topological polar surface area (TPSA) is 106 Å². The first-order valence-electron chi connectivity index (χ1n) is 5.14. The van der Waals surface area contributed by atoms with Crippen LogP contribution >= 0.6 is 11.3 Å². The van der Waals surface area contributed by atoms with E-state index in [1.165, 1.54) is 23.5 Å². The van der Waals surface area contributed by atoms with Crippen molar-refractivity contribution in [2.24, 2.45) is 0 Å². The summed E-state index contributed by atoms with van der Waals surface area (Å²) in [7, 11) is 0. The predicted octanol–water partition coefficient (Wildman–Crippen LogP) is 2.93. The SMILES string of the molecule is CCc1c(-c2ccc([N+](=O)[O-])o2)sc(C#N)c1N. The number of hydrogen-bond donors (Lipinski definition) is 1. The predicted molar refractivity (Wildman–Crippen MR) is 67.2 cm³/mol. The highest BCUT2D eigenvalue weighted by Gasteiger charge is 2.20. The molecule has 0 aliphatic carbocycles. The van der Waals surface area contributed by atoms with Gasteiger partial charge in [0.2, 0.25) is 0 Å². The van der Waals surface area contributed by atoms with Gasteiger partial charge in [0.15, 0.2) is 5.76 Å². The lowest BCUT2D eigenvalue weighted by atomic mass is 10.1. The summed E-state index contributed by atoms with van der Waals surface area (Å²) in [4.78, 5) is 11.1. The molecule has 7 heteroatoms. The number of hydrogen-bond acceptors (Lipinski definition) is 6. The molecule has 0 aliphatic rings. The molecule has 0 atom stereocenters. The van der Waals surface area contributed by atoms with Gasteiger partial charge in [0.1, 0.15) is 15.9 Å². The Kier molecular flexibility index (Phi) is 3.04. The summed E-state index contributed by atoms with van der Waals surface area (Å²) < 4.78 is 5.13. The third-order valence-electron chi connectivity index (χ3n) is 2.50. The van der Waals surface area contributed by atoms with Crippen LogP contribution in [0.15, 0.2) is 16.5 Å². The number of thiophene rings is 1. The second-order valence-corrected chi connectivity index (χ2v) is 4.53. The van der Waals surface area contributed by atoms with E-state index < -0.39 is 4.92 Å². The Hall–Kier alpha value is -2.33. The van der Waals surface area contributed by atoms with Crippen LogP contribution in [0.1, 0.15) is 17.4 Å². The van der Waals surface area contributed by atoms with E-state index in [0.29, 0.717) is 27.6 Å². The molecule has 0 saturated carbocycles. The third kappa shape index (κ3) is 1.83. The molecule has 6 nitrogen and oxygen atoms in total. The Balaban J connectivity index is 2.56. The fraction of sp³-hybridized carbons (Fsp3) is 0.182. The summed E-state index contributed by atoms with van der Waals surface area (Å²) in [5, 5.41) is 19.5. The van der Waals surface area contributed by atoms with Crippen LogP contribution in [0.5, 0.6) is 0 Å². The van der Waals surface area contributed by atoms with Gasteiger partial charge in [-0.05, 0) is 18.1 Å². The van der Waals surface area contributed by atoms with Crippen molar-refractivity contribution >= 4 is 22.9 Å². The van der Waals surface area contributed by atoms with Crippen molar-refractivity contribution in [3.63, 3.8) is 0 Å². The van der Waals surface area contributed by atoms with Gasteiger partial charge in [-0.15, -0.1) is 11.3 Å². The van der Waals surface area contributed by atoms with E-state index >= 15 is 0 Å². The molecule has 2 N–H and O–H groups in total. The molecule has 2 heterocycles. The maximum Gasteiger partial charge on any atom is 0.433 e. The van der Waals surface area contributed by atoms with Crippen molar-refractivity contribution in [2.75, 3.05) is 5.73 Å². The minimum Gasteiger partial charge on any atom is -0.400 e. The molecule has 92 valence electrons. The number of nitro groups is 1. The summed E-state index contributed by atoms with van der Waals surface area (Å²) in [6.07, 6.45) is 0.633. The highest BCUT2D eigenvalue weighted by molar-refractivity contribution is 7.16. The molecular weight excluding hydrogens is 254 g/mol. The Labute approximate surface area is 106 Å². The van der Waals surface area contributed by atoms with Crippen LogP contribution in [0.2, 0.25) is 0 Å². The normalized spacial score (nSPS) is 10.2. The van der Waals surface area contributed by atoms with Gasteiger partial charge in [-0.2, -0.15) is 5.26 Å². The number of nitrogen functional groups attached to an aromatic ring is 1. The molecule has 2 rings (SSSR count). The zero-order valence-electron chi connectivity index (χ0n) is 9.47. The van der Waals surface area contributed by atoms with E-state index in [1.54, 1.807) is 0 Å². The van der Waals surface area contributed by atoms with Crippen molar-refractivity contribution in [2.45, 2.75) is 13.3 Å². The molecule has 2 aromatic rings. The molecule has 0 fully saturated rings. The van der Waals surface area contributed by atoms with Crippen LogP contribution in [0.3, 0.4) is 0 Å². The molecular formula is C11H9N3O3S. The smallest absolute Gasteiger partial charge is 0.400 e. The lowest BCUT2D eigenvalue weighted by Crippen LogP contribution is -1.91. The van der Waals surface area contributed by atoms with Gasteiger partial charge < -0.3 is 10.2 Å². The van der Waals surface area contributed by atoms with Crippen LogP contribution < -0.4 is 5.73 Å². The number of furan rings is 1. The second-order valence-electron chi connectivity index (χ2n) is 3.51. The number of rotatable bonds is 3. The highest BCUT2D eigenvalue weighted by Crippen LogP contribution is 2.40. The second kappa shape index (κ2) is 4.50. The number of anilines is 1. The molecule has 0 amide bonds. The fourth-order valence-electron chi connectivity index (χ4n) is 1.66. The summed E-state index contributed by atoms with van der Waals surface area (Å²) in [5.74, 6) is 0.0503. The summed E-state index contributed by atoms with van der Waals surface area (Å²) >= 11 is 1.19. The van der Waals surface area contributed by atoms with Gasteiger partial charge in [-0.25, -0.2) is 0 Å². The Morgan fingerprint density at radius 1 is 1.61 bits per heavy atom. The molecule has 0 bridgehead atoms. The quantitative estimate of drug-likeness (QED) is 0.676. The molecule has 18 heavy (non-hydrogen) atoms. The van der Waals surface area contributed by atoms with Gasteiger partial charge in [0.25, 0.3) is 0 Å².